The van der Waals surface area contributed by atoms with E-state index in [1.165, 1.54) is 6.20 Å². The second-order valence-corrected chi connectivity index (χ2v) is 10.2. The van der Waals surface area contributed by atoms with Crippen LogP contribution >= 0.6 is 0 Å². The highest BCUT2D eigenvalue weighted by Gasteiger charge is 2.21. The molecule has 0 bridgehead atoms. The molecule has 0 radical (unpaired) electrons. The van der Waals surface area contributed by atoms with E-state index in [2.05, 4.69) is 10.3 Å². The molecule has 14 nitrogen and oxygen atoms in total. The van der Waals surface area contributed by atoms with Crippen molar-refractivity contribution in [2.45, 2.75) is 13.3 Å². The van der Waals surface area contributed by atoms with Crippen molar-refractivity contribution in [3.8, 4) is 0 Å². The van der Waals surface area contributed by atoms with Gasteiger partial charge in [0.15, 0.2) is 5.78 Å². The van der Waals surface area contributed by atoms with Gasteiger partial charge in [-0.05, 0) is 12.1 Å². The third-order valence-corrected chi connectivity index (χ3v) is 7.04. The first kappa shape index (κ1) is 32.5. The molecular formula is C28H38N6O8. The third-order valence-electron chi connectivity index (χ3n) is 7.04. The second kappa shape index (κ2) is 15.9. The van der Waals surface area contributed by atoms with Gasteiger partial charge in [0.2, 0.25) is 5.91 Å². The number of fused-ring (bicyclic) bond motifs is 1. The second-order valence-electron chi connectivity index (χ2n) is 10.2. The standard InChI is InChI=1S/C28H38N6O8/c1-2-23(35)20-6-7-29-28-21(20)4-3-5-22(28)30-24(36)16-31-8-10-32(17-25(37)38)12-14-34(19-27(41)42)15-13-33(11-9-31)18-26(39)40/h3-7H,2,8-19H2,1H3,(H,30,36)(H,37,38)(H,39,40)(H,41,42). The Hall–Kier alpha value is -3.98. The number of amides is 1. The Labute approximate surface area is 243 Å². The average Bonchev–Trinajstić information content (AvgIpc) is 2.93. The van der Waals surface area contributed by atoms with Gasteiger partial charge in [-0.25, -0.2) is 0 Å². The summed E-state index contributed by atoms with van der Waals surface area (Å²) in [4.78, 5) is 71.2. The van der Waals surface area contributed by atoms with Crippen molar-refractivity contribution in [3.05, 3.63) is 36.0 Å². The number of pyridine rings is 1. The van der Waals surface area contributed by atoms with E-state index < -0.39 is 17.9 Å². The van der Waals surface area contributed by atoms with Crippen LogP contribution in [0.5, 0.6) is 0 Å². The van der Waals surface area contributed by atoms with Gasteiger partial charge >= 0.3 is 17.9 Å². The monoisotopic (exact) mass is 586 g/mol. The Kier molecular flexibility index (Phi) is 12.3. The summed E-state index contributed by atoms with van der Waals surface area (Å²) in [5.74, 6) is -3.44. The molecule has 1 amide bonds. The number of aliphatic carboxylic acids is 3. The van der Waals surface area contributed by atoms with Crippen molar-refractivity contribution < 1.29 is 39.3 Å². The number of carboxylic acids is 3. The number of nitrogens with one attached hydrogen (secondary N) is 1. The van der Waals surface area contributed by atoms with Crippen LogP contribution in [0.3, 0.4) is 0 Å². The summed E-state index contributed by atoms with van der Waals surface area (Å²) in [5, 5.41) is 31.6. The molecule has 0 atom stereocenters. The van der Waals surface area contributed by atoms with Gasteiger partial charge in [-0.3, -0.25) is 48.6 Å². The van der Waals surface area contributed by atoms with E-state index in [1.807, 2.05) is 4.90 Å². The first-order valence-electron chi connectivity index (χ1n) is 13.8. The fourth-order valence-electron chi connectivity index (χ4n) is 4.89. The maximum Gasteiger partial charge on any atom is 0.317 e. The molecule has 3 rings (SSSR count). The molecule has 0 aliphatic carbocycles. The molecule has 1 aromatic carbocycles. The van der Waals surface area contributed by atoms with Crippen LogP contribution in [-0.2, 0) is 19.2 Å². The number of nitrogens with zero attached hydrogens (tertiary/aromatic N) is 5. The maximum absolute atomic E-state index is 13.2. The van der Waals surface area contributed by atoms with Gasteiger partial charge in [0.05, 0.1) is 37.4 Å². The van der Waals surface area contributed by atoms with E-state index in [4.69, 9.17) is 0 Å². The molecule has 42 heavy (non-hydrogen) atoms. The lowest BCUT2D eigenvalue weighted by atomic mass is 10.0. The number of rotatable bonds is 11. The fourth-order valence-corrected chi connectivity index (χ4v) is 4.89. The average molecular weight is 587 g/mol. The van der Waals surface area contributed by atoms with Crippen molar-refractivity contribution in [1.29, 1.82) is 0 Å². The van der Waals surface area contributed by atoms with Gasteiger partial charge in [-0.15, -0.1) is 0 Å². The molecule has 14 heteroatoms. The first-order valence-corrected chi connectivity index (χ1v) is 13.8. The van der Waals surface area contributed by atoms with Gasteiger partial charge in [0.1, 0.15) is 0 Å². The summed E-state index contributed by atoms with van der Waals surface area (Å²) >= 11 is 0. The van der Waals surface area contributed by atoms with Gasteiger partial charge in [0, 0.05) is 75.9 Å². The van der Waals surface area contributed by atoms with Crippen LogP contribution in [0.25, 0.3) is 10.9 Å². The van der Waals surface area contributed by atoms with E-state index >= 15 is 0 Å². The fraction of sp³-hybridized carbons (Fsp3) is 0.500. The van der Waals surface area contributed by atoms with Crippen LogP contribution < -0.4 is 5.32 Å². The molecule has 1 aromatic heterocycles. The number of carbonyl (C=O) groups excluding carboxylic acids is 2. The summed E-state index contributed by atoms with van der Waals surface area (Å²) < 4.78 is 0. The molecule has 1 aliphatic rings. The van der Waals surface area contributed by atoms with Crippen LogP contribution in [0.4, 0.5) is 5.69 Å². The number of ketones is 1. The predicted molar refractivity (Wildman–Crippen MR) is 154 cm³/mol. The minimum Gasteiger partial charge on any atom is -0.480 e. The molecular weight excluding hydrogens is 548 g/mol. The first-order chi connectivity index (χ1) is 20.0. The summed E-state index contributed by atoms with van der Waals surface area (Å²) in [6.07, 6.45) is 1.86. The van der Waals surface area contributed by atoms with Crippen molar-refractivity contribution in [3.63, 3.8) is 0 Å². The van der Waals surface area contributed by atoms with Gasteiger partial charge in [-0.1, -0.05) is 19.1 Å². The zero-order valence-electron chi connectivity index (χ0n) is 23.7. The number of carboxylic acid groups (broad SMARTS) is 3. The molecule has 2 heterocycles. The quantitative estimate of drug-likeness (QED) is 0.263. The van der Waals surface area contributed by atoms with E-state index in [9.17, 15) is 39.3 Å². The minimum absolute atomic E-state index is 0.0341. The van der Waals surface area contributed by atoms with E-state index in [0.717, 1.165) is 0 Å². The van der Waals surface area contributed by atoms with Gasteiger partial charge in [-0.2, -0.15) is 0 Å². The molecule has 228 valence electrons. The van der Waals surface area contributed by atoms with Gasteiger partial charge < -0.3 is 20.6 Å². The smallest absolute Gasteiger partial charge is 0.317 e. The lowest BCUT2D eigenvalue weighted by Gasteiger charge is -2.32. The zero-order chi connectivity index (χ0) is 30.6. The maximum atomic E-state index is 13.2. The van der Waals surface area contributed by atoms with Crippen LogP contribution in [0.15, 0.2) is 30.5 Å². The van der Waals surface area contributed by atoms with Crippen LogP contribution in [0.2, 0.25) is 0 Å². The minimum atomic E-state index is -1.02. The number of benzene rings is 1. The molecule has 1 aliphatic heterocycles. The molecule has 2 aromatic rings. The summed E-state index contributed by atoms with van der Waals surface area (Å²) in [6, 6.07) is 6.88. The van der Waals surface area contributed by atoms with Crippen LogP contribution in [0.1, 0.15) is 23.7 Å². The number of hydrogen-bond donors (Lipinski definition) is 4. The number of hydrogen-bond acceptors (Lipinski definition) is 10. The summed E-state index contributed by atoms with van der Waals surface area (Å²) in [6.45, 7) is 3.41. The molecule has 0 unspecified atom stereocenters. The Morgan fingerprint density at radius 2 is 1.17 bits per heavy atom. The lowest BCUT2D eigenvalue weighted by Crippen LogP contribution is -2.49. The highest BCUT2D eigenvalue weighted by molar-refractivity contribution is 6.11. The van der Waals surface area contributed by atoms with Crippen molar-refractivity contribution in [2.75, 3.05) is 83.9 Å². The van der Waals surface area contributed by atoms with Crippen molar-refractivity contribution >= 4 is 46.2 Å². The van der Waals surface area contributed by atoms with E-state index in [1.54, 1.807) is 45.9 Å². The lowest BCUT2D eigenvalue weighted by molar-refractivity contribution is -0.140. The summed E-state index contributed by atoms with van der Waals surface area (Å²) in [5.41, 5.74) is 1.47. The Morgan fingerprint density at radius 1 is 0.714 bits per heavy atom. The van der Waals surface area contributed by atoms with Crippen LogP contribution in [-0.4, -0.2) is 148 Å². The van der Waals surface area contributed by atoms with E-state index in [0.29, 0.717) is 67.8 Å². The molecule has 1 saturated heterocycles. The highest BCUT2D eigenvalue weighted by Crippen LogP contribution is 2.25. The topological polar surface area (TPSA) is 184 Å². The molecule has 4 N–H and O–H groups in total. The Bertz CT molecular complexity index is 1260. The zero-order valence-corrected chi connectivity index (χ0v) is 23.7. The van der Waals surface area contributed by atoms with Crippen molar-refractivity contribution in [1.82, 2.24) is 24.6 Å². The number of para-hydroxylation sites is 1. The normalized spacial score (nSPS) is 16.8. The van der Waals surface area contributed by atoms with Crippen LogP contribution in [0, 0.1) is 0 Å². The number of Topliss-reactive ketones (excluding diaryl/α,β-unsaturated/α-hetero) is 1. The molecule has 0 spiro atoms. The number of anilines is 1. The Morgan fingerprint density at radius 3 is 1.60 bits per heavy atom. The number of carbonyl (C=O) groups is 5. The van der Waals surface area contributed by atoms with Crippen molar-refractivity contribution in [2.24, 2.45) is 0 Å². The molecule has 1 fully saturated rings. The van der Waals surface area contributed by atoms with E-state index in [-0.39, 0.29) is 51.0 Å². The predicted octanol–water partition coefficient (Wildman–Crippen LogP) is 0.241. The SMILES string of the molecule is CCC(=O)c1ccnc2c(NC(=O)CN3CCN(CC(=O)O)CCN(CC(=O)O)CCN(CC(=O)O)CC3)cccc12. The molecule has 0 saturated carbocycles. The highest BCUT2D eigenvalue weighted by atomic mass is 16.4. The number of aromatic nitrogens is 1. The third kappa shape index (κ3) is 10.1. The Balaban J connectivity index is 1.78. The largest absolute Gasteiger partial charge is 0.480 e. The summed E-state index contributed by atoms with van der Waals surface area (Å²) in [7, 11) is 0. The van der Waals surface area contributed by atoms with Gasteiger partial charge in [0.25, 0.3) is 0 Å².